The number of nitrogens with one attached hydrogen (secondary N) is 1. The number of fused-ring (bicyclic) bond motifs is 1. The van der Waals surface area contributed by atoms with Crippen molar-refractivity contribution in [1.82, 2.24) is 4.98 Å². The molecule has 1 aromatic heterocycles. The van der Waals surface area contributed by atoms with Crippen LogP contribution >= 0.6 is 0 Å². The Balaban J connectivity index is 1.97. The van der Waals surface area contributed by atoms with E-state index in [-0.39, 0.29) is 5.91 Å². The summed E-state index contributed by atoms with van der Waals surface area (Å²) in [6, 6.07) is 15.0. The van der Waals surface area contributed by atoms with Crippen molar-refractivity contribution in [3.8, 4) is 5.75 Å². The summed E-state index contributed by atoms with van der Waals surface area (Å²) in [4.78, 5) is 16.8. The molecule has 3 rings (SSSR count). The van der Waals surface area contributed by atoms with Gasteiger partial charge in [0.1, 0.15) is 11.3 Å². The molecule has 4 heteroatoms. The zero-order valence-corrected chi connectivity index (χ0v) is 13.2. The maximum atomic E-state index is 12.5. The minimum Gasteiger partial charge on any atom is -0.492 e. The lowest BCUT2D eigenvalue weighted by atomic mass is 10.1. The van der Waals surface area contributed by atoms with Gasteiger partial charge >= 0.3 is 0 Å². The highest BCUT2D eigenvalue weighted by Gasteiger charge is 2.11. The largest absolute Gasteiger partial charge is 0.492 e. The van der Waals surface area contributed by atoms with Gasteiger partial charge in [-0.05, 0) is 50.2 Å². The first-order valence-corrected chi connectivity index (χ1v) is 7.57. The van der Waals surface area contributed by atoms with E-state index in [0.717, 1.165) is 27.9 Å². The van der Waals surface area contributed by atoms with Gasteiger partial charge in [0.2, 0.25) is 0 Å². The number of ether oxygens (including phenoxy) is 1. The molecule has 0 unspecified atom stereocenters. The molecule has 0 saturated heterocycles. The van der Waals surface area contributed by atoms with E-state index in [0.29, 0.717) is 12.2 Å². The molecule has 0 radical (unpaired) electrons. The second-order valence-electron chi connectivity index (χ2n) is 5.27. The second-order valence-corrected chi connectivity index (χ2v) is 5.27. The summed E-state index contributed by atoms with van der Waals surface area (Å²) >= 11 is 0. The van der Waals surface area contributed by atoms with E-state index in [1.54, 1.807) is 12.3 Å². The quantitative estimate of drug-likeness (QED) is 0.786. The Kier molecular flexibility index (Phi) is 4.24. The zero-order chi connectivity index (χ0) is 16.2. The Hall–Kier alpha value is -2.88. The summed E-state index contributed by atoms with van der Waals surface area (Å²) in [5, 5.41) is 3.82. The number of hydrogen-bond acceptors (Lipinski definition) is 3. The van der Waals surface area contributed by atoms with Crippen LogP contribution in [-0.4, -0.2) is 17.5 Å². The molecule has 2 aromatic carbocycles. The van der Waals surface area contributed by atoms with Crippen molar-refractivity contribution in [2.75, 3.05) is 11.9 Å². The van der Waals surface area contributed by atoms with Crippen LogP contribution < -0.4 is 10.1 Å². The van der Waals surface area contributed by atoms with Crippen LogP contribution in [-0.2, 0) is 0 Å². The SMILES string of the molecule is CCOc1ccc(NC(=O)c2cccc(C)c2)c2cccnc12. The van der Waals surface area contributed by atoms with Crippen LogP contribution in [0.15, 0.2) is 54.7 Å². The molecule has 23 heavy (non-hydrogen) atoms. The van der Waals surface area contributed by atoms with Crippen LogP contribution in [0.4, 0.5) is 5.69 Å². The molecular weight excluding hydrogens is 288 g/mol. The minimum atomic E-state index is -0.136. The number of anilines is 1. The lowest BCUT2D eigenvalue weighted by molar-refractivity contribution is 0.102. The van der Waals surface area contributed by atoms with E-state index < -0.39 is 0 Å². The van der Waals surface area contributed by atoms with Gasteiger partial charge in [-0.2, -0.15) is 0 Å². The number of amides is 1. The number of carbonyl (C=O) groups excluding carboxylic acids is 1. The van der Waals surface area contributed by atoms with E-state index >= 15 is 0 Å². The highest BCUT2D eigenvalue weighted by molar-refractivity contribution is 6.09. The molecule has 0 aliphatic carbocycles. The molecule has 1 N–H and O–H groups in total. The lowest BCUT2D eigenvalue weighted by Gasteiger charge is -2.12. The van der Waals surface area contributed by atoms with Crippen molar-refractivity contribution < 1.29 is 9.53 Å². The fourth-order valence-electron chi connectivity index (χ4n) is 2.51. The Labute approximate surface area is 135 Å². The Morgan fingerprint density at radius 3 is 2.83 bits per heavy atom. The number of carbonyl (C=O) groups is 1. The van der Waals surface area contributed by atoms with Gasteiger partial charge < -0.3 is 10.1 Å². The van der Waals surface area contributed by atoms with E-state index in [1.165, 1.54) is 0 Å². The maximum absolute atomic E-state index is 12.5. The van der Waals surface area contributed by atoms with Crippen LogP contribution in [0.1, 0.15) is 22.8 Å². The molecule has 3 aromatic rings. The predicted molar refractivity (Wildman–Crippen MR) is 92.0 cm³/mol. The number of hydrogen-bond donors (Lipinski definition) is 1. The summed E-state index contributed by atoms with van der Waals surface area (Å²) in [5.41, 5.74) is 3.16. The first-order valence-electron chi connectivity index (χ1n) is 7.57. The number of nitrogens with zero attached hydrogens (tertiary/aromatic N) is 1. The summed E-state index contributed by atoms with van der Waals surface area (Å²) in [6.45, 7) is 4.47. The van der Waals surface area contributed by atoms with Crippen molar-refractivity contribution in [3.05, 3.63) is 65.9 Å². The van der Waals surface area contributed by atoms with E-state index in [4.69, 9.17) is 4.74 Å². The highest BCUT2D eigenvalue weighted by Crippen LogP contribution is 2.30. The second kappa shape index (κ2) is 6.48. The van der Waals surface area contributed by atoms with Gasteiger partial charge in [-0.15, -0.1) is 0 Å². The standard InChI is InChI=1S/C19H18N2O2/c1-3-23-17-10-9-16(15-8-5-11-20-18(15)17)21-19(22)14-7-4-6-13(2)12-14/h4-12H,3H2,1-2H3,(H,21,22). The monoisotopic (exact) mass is 306 g/mol. The van der Waals surface area contributed by atoms with Gasteiger partial charge in [-0.1, -0.05) is 17.7 Å². The molecule has 0 saturated carbocycles. The molecule has 0 spiro atoms. The normalized spacial score (nSPS) is 10.5. The van der Waals surface area contributed by atoms with Gasteiger partial charge in [-0.25, -0.2) is 0 Å². The van der Waals surface area contributed by atoms with Crippen LogP contribution in [0.3, 0.4) is 0 Å². The zero-order valence-electron chi connectivity index (χ0n) is 13.2. The van der Waals surface area contributed by atoms with Crippen LogP contribution in [0.5, 0.6) is 5.75 Å². The third-order valence-electron chi connectivity index (χ3n) is 3.56. The number of pyridine rings is 1. The van der Waals surface area contributed by atoms with E-state index in [9.17, 15) is 4.79 Å². The fraction of sp³-hybridized carbons (Fsp3) is 0.158. The van der Waals surface area contributed by atoms with Crippen LogP contribution in [0.2, 0.25) is 0 Å². The number of rotatable bonds is 4. The van der Waals surface area contributed by atoms with E-state index in [1.807, 2.05) is 56.3 Å². The van der Waals surface area contributed by atoms with Crippen molar-refractivity contribution in [1.29, 1.82) is 0 Å². The predicted octanol–water partition coefficient (Wildman–Crippen LogP) is 4.19. The average molecular weight is 306 g/mol. The first-order chi connectivity index (χ1) is 11.2. The maximum Gasteiger partial charge on any atom is 0.255 e. The van der Waals surface area contributed by atoms with Crippen LogP contribution in [0.25, 0.3) is 10.9 Å². The lowest BCUT2D eigenvalue weighted by Crippen LogP contribution is -2.12. The van der Waals surface area contributed by atoms with Gasteiger partial charge in [0.25, 0.3) is 5.91 Å². The van der Waals surface area contributed by atoms with E-state index in [2.05, 4.69) is 10.3 Å². The van der Waals surface area contributed by atoms with Crippen LogP contribution in [0, 0.1) is 6.92 Å². The van der Waals surface area contributed by atoms with Gasteiger partial charge in [-0.3, -0.25) is 9.78 Å². The average Bonchev–Trinajstić information content (AvgIpc) is 2.57. The first kappa shape index (κ1) is 15.0. The van der Waals surface area contributed by atoms with Gasteiger partial charge in [0, 0.05) is 17.1 Å². The number of aromatic nitrogens is 1. The number of benzene rings is 2. The Morgan fingerprint density at radius 2 is 2.04 bits per heavy atom. The highest BCUT2D eigenvalue weighted by atomic mass is 16.5. The van der Waals surface area contributed by atoms with Crippen molar-refractivity contribution in [2.45, 2.75) is 13.8 Å². The van der Waals surface area contributed by atoms with Gasteiger partial charge in [0.15, 0.2) is 0 Å². The molecule has 1 heterocycles. The fourth-order valence-corrected chi connectivity index (χ4v) is 2.51. The van der Waals surface area contributed by atoms with Crippen molar-refractivity contribution >= 4 is 22.5 Å². The molecule has 4 nitrogen and oxygen atoms in total. The molecule has 0 bridgehead atoms. The Bertz CT molecular complexity index is 859. The smallest absolute Gasteiger partial charge is 0.255 e. The van der Waals surface area contributed by atoms with Crippen molar-refractivity contribution in [2.24, 2.45) is 0 Å². The third-order valence-corrected chi connectivity index (χ3v) is 3.56. The molecule has 1 amide bonds. The summed E-state index contributed by atoms with van der Waals surface area (Å²) in [6.07, 6.45) is 1.72. The summed E-state index contributed by atoms with van der Waals surface area (Å²) in [5.74, 6) is 0.583. The topological polar surface area (TPSA) is 51.2 Å². The number of aryl methyl sites for hydroxylation is 1. The summed E-state index contributed by atoms with van der Waals surface area (Å²) < 4.78 is 5.60. The van der Waals surface area contributed by atoms with Gasteiger partial charge in [0.05, 0.1) is 12.3 Å². The third kappa shape index (κ3) is 3.16. The molecule has 0 atom stereocenters. The molecule has 0 aliphatic heterocycles. The molecule has 0 fully saturated rings. The molecular formula is C19H18N2O2. The molecule has 116 valence electrons. The minimum absolute atomic E-state index is 0.136. The summed E-state index contributed by atoms with van der Waals surface area (Å²) in [7, 11) is 0. The Morgan fingerprint density at radius 1 is 1.17 bits per heavy atom. The van der Waals surface area contributed by atoms with Crippen molar-refractivity contribution in [3.63, 3.8) is 0 Å². The molecule has 0 aliphatic rings.